The first kappa shape index (κ1) is 12.2. The van der Waals surface area contributed by atoms with Crippen LogP contribution < -0.4 is 4.74 Å². The zero-order valence-electron chi connectivity index (χ0n) is 10.5. The van der Waals surface area contributed by atoms with E-state index in [1.165, 1.54) is 0 Å². The van der Waals surface area contributed by atoms with Crippen LogP contribution in [-0.4, -0.2) is 16.5 Å². The molecule has 0 radical (unpaired) electrons. The Labute approximate surface area is 120 Å². The van der Waals surface area contributed by atoms with Crippen molar-refractivity contribution in [2.24, 2.45) is 0 Å². The number of benzene rings is 1. The molecular weight excluding hydrogens is 304 g/mol. The molecule has 0 saturated carbocycles. The summed E-state index contributed by atoms with van der Waals surface area (Å²) >= 11 is 3.52. The van der Waals surface area contributed by atoms with Gasteiger partial charge in [-0.15, -0.1) is 0 Å². The molecule has 96 valence electrons. The summed E-state index contributed by atoms with van der Waals surface area (Å²) in [4.78, 5) is 4.64. The molecule has 0 aliphatic heterocycles. The minimum absolute atomic E-state index is 0.762. The zero-order chi connectivity index (χ0) is 13.2. The van der Waals surface area contributed by atoms with Gasteiger partial charge in [-0.25, -0.2) is 4.98 Å². The third-order valence-corrected chi connectivity index (χ3v) is 3.67. The number of methoxy groups -OCH3 is 1. The second-order valence-corrected chi connectivity index (χ2v) is 5.16. The quantitative estimate of drug-likeness (QED) is 0.736. The van der Waals surface area contributed by atoms with E-state index in [1.807, 2.05) is 47.1 Å². The largest absolute Gasteiger partial charge is 0.496 e. The minimum Gasteiger partial charge on any atom is -0.496 e. The number of hydrogen-bond donors (Lipinski definition) is 0. The molecule has 1 aromatic carbocycles. The van der Waals surface area contributed by atoms with Crippen LogP contribution in [0.3, 0.4) is 0 Å². The highest BCUT2D eigenvalue weighted by atomic mass is 79.9. The van der Waals surface area contributed by atoms with Crippen molar-refractivity contribution in [2.75, 3.05) is 7.11 Å². The molecule has 0 N–H and O–H groups in total. The van der Waals surface area contributed by atoms with Crippen LogP contribution in [-0.2, 0) is 6.42 Å². The molecule has 0 bridgehead atoms. The molecule has 0 fully saturated rings. The molecule has 0 spiro atoms. The number of para-hydroxylation sites is 1. The molecule has 19 heavy (non-hydrogen) atoms. The maximum Gasteiger partial charge on any atom is 0.151 e. The molecule has 3 nitrogen and oxygen atoms in total. The molecule has 0 atom stereocenters. The van der Waals surface area contributed by atoms with E-state index in [2.05, 4.69) is 27.0 Å². The number of nitrogens with zero attached hydrogens (tertiary/aromatic N) is 2. The predicted octanol–water partition coefficient (Wildman–Crippen LogP) is 3.70. The first-order valence-electron chi connectivity index (χ1n) is 6.02. The monoisotopic (exact) mass is 316 g/mol. The Morgan fingerprint density at radius 3 is 2.84 bits per heavy atom. The molecule has 2 heterocycles. The zero-order valence-corrected chi connectivity index (χ0v) is 12.1. The number of fused-ring (bicyclic) bond motifs is 1. The van der Waals surface area contributed by atoms with E-state index in [0.717, 1.165) is 33.5 Å². The van der Waals surface area contributed by atoms with E-state index in [-0.39, 0.29) is 0 Å². The first-order chi connectivity index (χ1) is 9.28. The van der Waals surface area contributed by atoms with Gasteiger partial charge in [-0.2, -0.15) is 0 Å². The number of halogens is 1. The highest BCUT2D eigenvalue weighted by Crippen LogP contribution is 2.22. The predicted molar refractivity (Wildman–Crippen MR) is 78.7 cm³/mol. The van der Waals surface area contributed by atoms with Crippen LogP contribution in [0.2, 0.25) is 0 Å². The molecule has 0 saturated heterocycles. The Morgan fingerprint density at radius 2 is 2.05 bits per heavy atom. The van der Waals surface area contributed by atoms with Gasteiger partial charge < -0.3 is 9.14 Å². The topological polar surface area (TPSA) is 26.5 Å². The fourth-order valence-electron chi connectivity index (χ4n) is 2.16. The van der Waals surface area contributed by atoms with Gasteiger partial charge in [0, 0.05) is 24.4 Å². The highest BCUT2D eigenvalue weighted by molar-refractivity contribution is 9.10. The average molecular weight is 317 g/mol. The molecule has 4 heteroatoms. The Hall–Kier alpha value is -1.81. The van der Waals surface area contributed by atoms with Crippen molar-refractivity contribution in [3.63, 3.8) is 0 Å². The first-order valence-corrected chi connectivity index (χ1v) is 6.81. The second-order valence-electron chi connectivity index (χ2n) is 4.31. The van der Waals surface area contributed by atoms with E-state index >= 15 is 0 Å². The maximum absolute atomic E-state index is 5.37. The third kappa shape index (κ3) is 2.36. The molecule has 3 rings (SSSR count). The van der Waals surface area contributed by atoms with Crippen molar-refractivity contribution in [3.8, 4) is 5.75 Å². The summed E-state index contributed by atoms with van der Waals surface area (Å²) in [6.45, 7) is 0. The van der Waals surface area contributed by atoms with Crippen molar-refractivity contribution in [3.05, 3.63) is 64.5 Å². The third-order valence-electron chi connectivity index (χ3n) is 3.05. The molecule has 3 aromatic rings. The van der Waals surface area contributed by atoms with Crippen molar-refractivity contribution in [1.82, 2.24) is 9.38 Å². The van der Waals surface area contributed by atoms with Crippen LogP contribution in [0.1, 0.15) is 11.3 Å². The van der Waals surface area contributed by atoms with Crippen LogP contribution in [0.15, 0.2) is 53.3 Å². The van der Waals surface area contributed by atoms with Crippen LogP contribution in [0.25, 0.3) is 5.65 Å². The number of aromatic nitrogens is 2. The summed E-state index contributed by atoms with van der Waals surface area (Å²) in [5, 5.41) is 0. The summed E-state index contributed by atoms with van der Waals surface area (Å²) in [6.07, 6.45) is 4.81. The van der Waals surface area contributed by atoms with Crippen LogP contribution in [0.5, 0.6) is 5.75 Å². The number of pyridine rings is 1. The summed E-state index contributed by atoms with van der Waals surface area (Å²) in [5.41, 5.74) is 3.10. The smallest absolute Gasteiger partial charge is 0.151 e. The molecule has 2 aromatic heterocycles. The summed E-state index contributed by atoms with van der Waals surface area (Å²) in [6, 6.07) is 12.0. The Balaban J connectivity index is 1.99. The number of ether oxygens (including phenoxy) is 1. The lowest BCUT2D eigenvalue weighted by molar-refractivity contribution is 0.410. The number of imidazole rings is 1. The fourth-order valence-corrected chi connectivity index (χ4v) is 2.60. The van der Waals surface area contributed by atoms with Crippen molar-refractivity contribution < 1.29 is 4.74 Å². The molecule has 0 aliphatic rings. The van der Waals surface area contributed by atoms with Crippen LogP contribution >= 0.6 is 15.9 Å². The maximum atomic E-state index is 5.37. The standard InChI is InChI=1S/C15H13BrN2O/c1-19-14-7-3-2-5-11(14)9-12-10-18-8-4-6-13(16)15(18)17-12/h2-8,10H,9H2,1H3. The molecule has 0 aliphatic carbocycles. The van der Waals surface area contributed by atoms with Crippen molar-refractivity contribution in [2.45, 2.75) is 6.42 Å². The van der Waals surface area contributed by atoms with E-state index in [9.17, 15) is 0 Å². The van der Waals surface area contributed by atoms with Gasteiger partial charge in [-0.3, -0.25) is 0 Å². The van der Waals surface area contributed by atoms with Crippen LogP contribution in [0.4, 0.5) is 0 Å². The van der Waals surface area contributed by atoms with Gasteiger partial charge >= 0.3 is 0 Å². The van der Waals surface area contributed by atoms with E-state index in [1.54, 1.807) is 7.11 Å². The normalized spacial score (nSPS) is 10.8. The van der Waals surface area contributed by atoms with Gasteiger partial charge in [0.2, 0.25) is 0 Å². The van der Waals surface area contributed by atoms with Gasteiger partial charge in [0.1, 0.15) is 5.75 Å². The lowest BCUT2D eigenvalue weighted by atomic mass is 10.1. The second kappa shape index (κ2) is 5.05. The Kier molecular flexibility index (Phi) is 3.25. The van der Waals surface area contributed by atoms with E-state index in [4.69, 9.17) is 4.74 Å². The van der Waals surface area contributed by atoms with Crippen molar-refractivity contribution >= 4 is 21.6 Å². The van der Waals surface area contributed by atoms with Gasteiger partial charge in [0.15, 0.2) is 5.65 Å². The average Bonchev–Trinajstić information content (AvgIpc) is 2.83. The van der Waals surface area contributed by atoms with Gasteiger partial charge in [-0.05, 0) is 34.1 Å². The summed E-state index contributed by atoms with van der Waals surface area (Å²) in [7, 11) is 1.69. The minimum atomic E-state index is 0.762. The Morgan fingerprint density at radius 1 is 1.21 bits per heavy atom. The van der Waals surface area contributed by atoms with E-state index < -0.39 is 0 Å². The Bertz CT molecular complexity index is 721. The SMILES string of the molecule is COc1ccccc1Cc1cn2cccc(Br)c2n1. The highest BCUT2D eigenvalue weighted by Gasteiger charge is 2.08. The lowest BCUT2D eigenvalue weighted by Gasteiger charge is -2.05. The summed E-state index contributed by atoms with van der Waals surface area (Å²) in [5.74, 6) is 0.902. The molecule has 0 unspecified atom stereocenters. The number of rotatable bonds is 3. The van der Waals surface area contributed by atoms with Gasteiger partial charge in [0.05, 0.1) is 17.3 Å². The van der Waals surface area contributed by atoms with Crippen LogP contribution in [0, 0.1) is 0 Å². The number of hydrogen-bond acceptors (Lipinski definition) is 2. The van der Waals surface area contributed by atoms with Gasteiger partial charge in [0.25, 0.3) is 0 Å². The molecular formula is C15H13BrN2O. The van der Waals surface area contributed by atoms with Crippen molar-refractivity contribution in [1.29, 1.82) is 0 Å². The molecule has 0 amide bonds. The van der Waals surface area contributed by atoms with Gasteiger partial charge in [-0.1, -0.05) is 18.2 Å². The fraction of sp³-hybridized carbons (Fsp3) is 0.133. The van der Waals surface area contributed by atoms with E-state index in [0.29, 0.717) is 0 Å². The summed E-state index contributed by atoms with van der Waals surface area (Å²) < 4.78 is 8.40. The lowest BCUT2D eigenvalue weighted by Crippen LogP contribution is -1.93.